The topological polar surface area (TPSA) is 67.6 Å². The summed E-state index contributed by atoms with van der Waals surface area (Å²) in [5.74, 6) is 2.31. The zero-order valence-corrected chi connectivity index (χ0v) is 15.9. The summed E-state index contributed by atoms with van der Waals surface area (Å²) in [6.45, 7) is 7.71. The van der Waals surface area contributed by atoms with E-state index in [2.05, 4.69) is 36.0 Å². The number of amides is 1. The Morgan fingerprint density at radius 1 is 1.35 bits per heavy atom. The highest BCUT2D eigenvalue weighted by Gasteiger charge is 2.32. The lowest BCUT2D eigenvalue weighted by atomic mass is 9.94. The van der Waals surface area contributed by atoms with Crippen molar-refractivity contribution in [2.75, 3.05) is 19.0 Å². The number of nitrogens with one attached hydrogen (secondary N) is 1. The highest BCUT2D eigenvalue weighted by molar-refractivity contribution is 5.95. The maximum atomic E-state index is 12.7. The molecular formula is C20H27N3O3. The van der Waals surface area contributed by atoms with Crippen molar-refractivity contribution in [3.8, 4) is 5.75 Å². The first kappa shape index (κ1) is 18.5. The van der Waals surface area contributed by atoms with E-state index in [0.29, 0.717) is 12.4 Å². The molecule has 0 spiro atoms. The van der Waals surface area contributed by atoms with Crippen molar-refractivity contribution in [1.29, 1.82) is 0 Å². The molecule has 1 atom stereocenters. The lowest BCUT2D eigenvalue weighted by Crippen LogP contribution is -2.39. The van der Waals surface area contributed by atoms with Gasteiger partial charge in [0.15, 0.2) is 0 Å². The molecule has 1 aliphatic heterocycles. The second-order valence-electron chi connectivity index (χ2n) is 7.71. The number of methoxy groups -OCH3 is 1. The minimum atomic E-state index is -0.165. The molecule has 3 rings (SSSR count). The maximum absolute atomic E-state index is 12.7. The van der Waals surface area contributed by atoms with Crippen LogP contribution in [0.3, 0.4) is 0 Å². The zero-order valence-electron chi connectivity index (χ0n) is 15.9. The fourth-order valence-corrected chi connectivity index (χ4v) is 3.12. The van der Waals surface area contributed by atoms with Crippen LogP contribution in [-0.2, 0) is 16.8 Å². The van der Waals surface area contributed by atoms with E-state index in [4.69, 9.17) is 9.15 Å². The summed E-state index contributed by atoms with van der Waals surface area (Å²) in [4.78, 5) is 19.2. The van der Waals surface area contributed by atoms with Gasteiger partial charge >= 0.3 is 0 Å². The quantitative estimate of drug-likeness (QED) is 0.886. The number of hydrogen-bond donors (Lipinski definition) is 1. The molecule has 0 bridgehead atoms. The van der Waals surface area contributed by atoms with Crippen LogP contribution in [0.15, 0.2) is 34.9 Å². The number of rotatable bonds is 5. The Hall–Kier alpha value is -2.34. The molecule has 6 nitrogen and oxygen atoms in total. The molecule has 1 amide bonds. The molecule has 0 radical (unpaired) electrons. The second kappa shape index (κ2) is 7.50. The van der Waals surface area contributed by atoms with E-state index in [1.807, 2.05) is 24.3 Å². The average Bonchev–Trinajstić information content (AvgIpc) is 3.25. The zero-order chi connectivity index (χ0) is 18.7. The van der Waals surface area contributed by atoms with Gasteiger partial charge in [-0.15, -0.1) is 0 Å². The second-order valence-corrected chi connectivity index (χ2v) is 7.71. The summed E-state index contributed by atoms with van der Waals surface area (Å²) >= 11 is 0. The number of carbonyl (C=O) groups excluding carboxylic acids is 1. The van der Waals surface area contributed by atoms with Gasteiger partial charge in [-0.25, -0.2) is 4.98 Å². The minimum absolute atomic E-state index is 0.00951. The van der Waals surface area contributed by atoms with Crippen LogP contribution in [0.25, 0.3) is 0 Å². The molecule has 26 heavy (non-hydrogen) atoms. The van der Waals surface area contributed by atoms with Gasteiger partial charge in [-0.05, 0) is 43.7 Å². The summed E-state index contributed by atoms with van der Waals surface area (Å²) in [7, 11) is 1.62. The predicted molar refractivity (Wildman–Crippen MR) is 100 cm³/mol. The lowest BCUT2D eigenvalue weighted by molar-refractivity contribution is -0.120. The van der Waals surface area contributed by atoms with E-state index < -0.39 is 0 Å². The van der Waals surface area contributed by atoms with Gasteiger partial charge in [-0.1, -0.05) is 20.8 Å². The molecule has 0 saturated carbocycles. The monoisotopic (exact) mass is 357 g/mol. The third-order valence-electron chi connectivity index (χ3n) is 4.65. The van der Waals surface area contributed by atoms with Gasteiger partial charge in [-0.2, -0.15) is 0 Å². The lowest BCUT2D eigenvalue weighted by Gasteiger charge is -2.22. The minimum Gasteiger partial charge on any atom is -0.497 e. The Labute approximate surface area is 154 Å². The number of benzene rings is 1. The van der Waals surface area contributed by atoms with Gasteiger partial charge in [0.2, 0.25) is 11.8 Å². The van der Waals surface area contributed by atoms with Gasteiger partial charge in [0.1, 0.15) is 11.5 Å². The molecule has 0 aliphatic carbocycles. The van der Waals surface area contributed by atoms with Crippen LogP contribution in [-0.4, -0.2) is 35.5 Å². The first-order chi connectivity index (χ1) is 12.4. The fraction of sp³-hybridized carbons (Fsp3) is 0.500. The number of oxazole rings is 1. The first-order valence-electron chi connectivity index (χ1n) is 9.01. The standard InChI is InChI=1S/C20H27N3O3/c1-20(2,3)17-12-21-18(26-17)13-23-11-5-6-16(23)19(24)22-14-7-9-15(25-4)10-8-14/h7-10,12,16H,5-6,11,13H2,1-4H3,(H,22,24)/t16-/m0/s1. The van der Waals surface area contributed by atoms with E-state index in [1.54, 1.807) is 13.3 Å². The SMILES string of the molecule is COc1ccc(NC(=O)[C@@H]2CCCN2Cc2ncc(C(C)(C)C)o2)cc1. The average molecular weight is 357 g/mol. The number of hydrogen-bond acceptors (Lipinski definition) is 5. The number of likely N-dealkylation sites (tertiary alicyclic amines) is 1. The van der Waals surface area contributed by atoms with Crippen LogP contribution in [0.1, 0.15) is 45.3 Å². The molecule has 2 aromatic rings. The van der Waals surface area contributed by atoms with Crippen LogP contribution in [0.5, 0.6) is 5.75 Å². The van der Waals surface area contributed by atoms with E-state index in [1.165, 1.54) is 0 Å². The summed E-state index contributed by atoms with van der Waals surface area (Å²) in [5, 5.41) is 2.99. The van der Waals surface area contributed by atoms with Crippen molar-refractivity contribution >= 4 is 11.6 Å². The number of ether oxygens (including phenoxy) is 1. The summed E-state index contributed by atoms with van der Waals surface area (Å²) in [5.41, 5.74) is 0.704. The van der Waals surface area contributed by atoms with Crippen LogP contribution in [0.2, 0.25) is 0 Å². The van der Waals surface area contributed by atoms with E-state index in [-0.39, 0.29) is 17.4 Å². The molecule has 1 fully saturated rings. The number of nitrogens with zero attached hydrogens (tertiary/aromatic N) is 2. The van der Waals surface area contributed by atoms with Crippen molar-refractivity contribution in [3.05, 3.63) is 42.1 Å². The van der Waals surface area contributed by atoms with Gasteiger partial charge in [0.05, 0.1) is 25.9 Å². The van der Waals surface area contributed by atoms with Gasteiger partial charge in [-0.3, -0.25) is 9.69 Å². The third kappa shape index (κ3) is 4.25. The van der Waals surface area contributed by atoms with Crippen molar-refractivity contribution in [1.82, 2.24) is 9.88 Å². The van der Waals surface area contributed by atoms with Gasteiger partial charge in [0.25, 0.3) is 0 Å². The predicted octanol–water partition coefficient (Wildman–Crippen LogP) is 3.58. The van der Waals surface area contributed by atoms with Crippen molar-refractivity contribution in [2.45, 2.75) is 51.6 Å². The van der Waals surface area contributed by atoms with Crippen molar-refractivity contribution < 1.29 is 13.9 Å². The Bertz CT molecular complexity index is 746. The van der Waals surface area contributed by atoms with Crippen molar-refractivity contribution in [3.63, 3.8) is 0 Å². The van der Waals surface area contributed by atoms with Crippen molar-refractivity contribution in [2.24, 2.45) is 0 Å². The van der Waals surface area contributed by atoms with E-state index in [9.17, 15) is 4.79 Å². The number of carbonyl (C=O) groups is 1. The van der Waals surface area contributed by atoms with Crippen LogP contribution in [0.4, 0.5) is 5.69 Å². The van der Waals surface area contributed by atoms with Crippen LogP contribution < -0.4 is 10.1 Å². The molecule has 1 aromatic carbocycles. The Morgan fingerprint density at radius 3 is 2.69 bits per heavy atom. The first-order valence-corrected chi connectivity index (χ1v) is 9.01. The smallest absolute Gasteiger partial charge is 0.241 e. The molecule has 6 heteroatoms. The molecule has 0 unspecified atom stereocenters. The molecule has 1 aromatic heterocycles. The van der Waals surface area contributed by atoms with Gasteiger partial charge < -0.3 is 14.5 Å². The third-order valence-corrected chi connectivity index (χ3v) is 4.65. The number of aromatic nitrogens is 1. The van der Waals surface area contributed by atoms with Gasteiger partial charge in [0, 0.05) is 11.1 Å². The largest absolute Gasteiger partial charge is 0.497 e. The Kier molecular flexibility index (Phi) is 5.32. The van der Waals surface area contributed by atoms with E-state index in [0.717, 1.165) is 36.6 Å². The Morgan fingerprint density at radius 2 is 2.08 bits per heavy atom. The van der Waals surface area contributed by atoms with Crippen LogP contribution >= 0.6 is 0 Å². The normalized spacial score (nSPS) is 18.1. The molecule has 1 aliphatic rings. The molecular weight excluding hydrogens is 330 g/mol. The molecule has 1 N–H and O–H groups in total. The maximum Gasteiger partial charge on any atom is 0.241 e. The molecule has 2 heterocycles. The molecule has 1 saturated heterocycles. The molecule has 140 valence electrons. The number of anilines is 1. The summed E-state index contributed by atoms with van der Waals surface area (Å²) in [6, 6.07) is 7.20. The van der Waals surface area contributed by atoms with E-state index >= 15 is 0 Å². The highest BCUT2D eigenvalue weighted by Crippen LogP contribution is 2.26. The summed E-state index contributed by atoms with van der Waals surface area (Å²) in [6.07, 6.45) is 3.63. The van der Waals surface area contributed by atoms with Crippen LogP contribution in [0, 0.1) is 0 Å². The Balaban J connectivity index is 1.63. The fourth-order valence-electron chi connectivity index (χ4n) is 3.12. The highest BCUT2D eigenvalue weighted by atomic mass is 16.5. The summed E-state index contributed by atoms with van der Waals surface area (Å²) < 4.78 is 11.0.